The summed E-state index contributed by atoms with van der Waals surface area (Å²) in [6, 6.07) is 14.4. The Labute approximate surface area is 151 Å². The van der Waals surface area contributed by atoms with Crippen molar-refractivity contribution in [2.75, 3.05) is 33.2 Å². The van der Waals surface area contributed by atoms with Crippen LogP contribution in [0.25, 0.3) is 16.3 Å². The zero-order valence-corrected chi connectivity index (χ0v) is 15.1. The summed E-state index contributed by atoms with van der Waals surface area (Å²) in [4.78, 5) is 3.49. The maximum atomic E-state index is 4.81. The maximum absolute atomic E-state index is 4.81. The van der Waals surface area contributed by atoms with Crippen molar-refractivity contribution in [1.29, 1.82) is 0 Å². The lowest BCUT2D eigenvalue weighted by Gasteiger charge is -2.30. The highest BCUT2D eigenvalue weighted by Gasteiger charge is 2.14. The van der Waals surface area contributed by atoms with E-state index in [4.69, 9.17) is 10.2 Å². The Hall–Kier alpha value is -2.44. The van der Waals surface area contributed by atoms with Gasteiger partial charge in [0, 0.05) is 37.9 Å². The Balaban J connectivity index is 1.64. The van der Waals surface area contributed by atoms with Gasteiger partial charge in [0.1, 0.15) is 5.69 Å². The molecule has 0 saturated carbocycles. The third-order valence-electron chi connectivity index (χ3n) is 4.36. The van der Waals surface area contributed by atoms with Gasteiger partial charge in [0.15, 0.2) is 0 Å². The van der Waals surface area contributed by atoms with Crippen molar-refractivity contribution < 1.29 is 0 Å². The second kappa shape index (κ2) is 7.21. The average molecular weight is 351 g/mol. The highest BCUT2D eigenvalue weighted by atomic mass is 32.1. The molecule has 1 aliphatic rings. The molecule has 1 fully saturated rings. The van der Waals surface area contributed by atoms with E-state index in [2.05, 4.69) is 52.8 Å². The number of aromatic nitrogens is 2. The Kier molecular flexibility index (Phi) is 4.63. The molecule has 0 unspecified atom stereocenters. The standard InChI is InChI=1S/C19H21N5S/c1-22-9-11-23(12-10-22)20-14-16-15-24(17-6-3-2-4-7-17)21-19(16)18-8-5-13-25-18/h2-8,13-15H,9-12H2,1H3/b20-14-. The number of hydrazone groups is 1. The summed E-state index contributed by atoms with van der Waals surface area (Å²) in [6.07, 6.45) is 4.01. The lowest BCUT2D eigenvalue weighted by Crippen LogP contribution is -2.41. The Morgan fingerprint density at radius 2 is 1.84 bits per heavy atom. The number of hydrogen-bond donors (Lipinski definition) is 0. The highest BCUT2D eigenvalue weighted by Crippen LogP contribution is 2.27. The van der Waals surface area contributed by atoms with Gasteiger partial charge in [0.05, 0.1) is 16.8 Å². The second-order valence-corrected chi connectivity index (χ2v) is 7.14. The van der Waals surface area contributed by atoms with Gasteiger partial charge in [-0.3, -0.25) is 5.01 Å². The fourth-order valence-corrected chi connectivity index (χ4v) is 3.59. The maximum Gasteiger partial charge on any atom is 0.112 e. The van der Waals surface area contributed by atoms with Crippen molar-refractivity contribution in [2.24, 2.45) is 5.10 Å². The van der Waals surface area contributed by atoms with Crippen LogP contribution in [0.3, 0.4) is 0 Å². The lowest BCUT2D eigenvalue weighted by atomic mass is 10.2. The highest BCUT2D eigenvalue weighted by molar-refractivity contribution is 7.13. The quantitative estimate of drug-likeness (QED) is 0.678. The first-order valence-electron chi connectivity index (χ1n) is 8.46. The molecule has 1 aromatic carbocycles. The fraction of sp³-hybridized carbons (Fsp3) is 0.263. The van der Waals surface area contributed by atoms with E-state index in [1.165, 1.54) is 0 Å². The molecule has 1 saturated heterocycles. The van der Waals surface area contributed by atoms with Crippen LogP contribution in [0.5, 0.6) is 0 Å². The van der Waals surface area contributed by atoms with Gasteiger partial charge >= 0.3 is 0 Å². The normalized spacial score (nSPS) is 16.0. The molecule has 3 heterocycles. The first-order valence-corrected chi connectivity index (χ1v) is 9.34. The molecule has 0 spiro atoms. The molecule has 5 nitrogen and oxygen atoms in total. The smallest absolute Gasteiger partial charge is 0.112 e. The molecule has 128 valence electrons. The van der Waals surface area contributed by atoms with Crippen molar-refractivity contribution in [1.82, 2.24) is 19.7 Å². The molecule has 4 rings (SSSR count). The minimum Gasteiger partial charge on any atom is -0.303 e. The molecule has 1 aliphatic heterocycles. The summed E-state index contributed by atoms with van der Waals surface area (Å²) in [7, 11) is 2.15. The molecule has 25 heavy (non-hydrogen) atoms. The van der Waals surface area contributed by atoms with Crippen LogP contribution in [-0.2, 0) is 0 Å². The van der Waals surface area contributed by atoms with E-state index in [1.54, 1.807) is 11.3 Å². The molecule has 0 atom stereocenters. The van der Waals surface area contributed by atoms with Crippen LogP contribution >= 0.6 is 11.3 Å². The summed E-state index contributed by atoms with van der Waals surface area (Å²) in [5.74, 6) is 0. The van der Waals surface area contributed by atoms with Crippen LogP contribution in [0.4, 0.5) is 0 Å². The molecular weight excluding hydrogens is 330 g/mol. The summed E-state index contributed by atoms with van der Waals surface area (Å²) in [5.41, 5.74) is 3.08. The zero-order chi connectivity index (χ0) is 17.1. The first-order chi connectivity index (χ1) is 12.3. The van der Waals surface area contributed by atoms with E-state index in [-0.39, 0.29) is 0 Å². The molecule has 6 heteroatoms. The van der Waals surface area contributed by atoms with Crippen LogP contribution in [-0.4, -0.2) is 59.1 Å². The topological polar surface area (TPSA) is 36.7 Å². The van der Waals surface area contributed by atoms with Gasteiger partial charge in [-0.15, -0.1) is 11.3 Å². The van der Waals surface area contributed by atoms with Crippen molar-refractivity contribution in [3.63, 3.8) is 0 Å². The molecule has 2 aromatic heterocycles. The van der Waals surface area contributed by atoms with Crippen LogP contribution < -0.4 is 0 Å². The van der Waals surface area contributed by atoms with Crippen LogP contribution in [0.15, 0.2) is 59.1 Å². The van der Waals surface area contributed by atoms with Crippen molar-refractivity contribution >= 4 is 17.6 Å². The number of benzene rings is 1. The van der Waals surface area contributed by atoms with Crippen LogP contribution in [0.2, 0.25) is 0 Å². The van der Waals surface area contributed by atoms with E-state index >= 15 is 0 Å². The third-order valence-corrected chi connectivity index (χ3v) is 5.23. The van der Waals surface area contributed by atoms with E-state index < -0.39 is 0 Å². The average Bonchev–Trinajstić information content (AvgIpc) is 3.31. The SMILES string of the molecule is CN1CCN(/N=C\c2cn(-c3ccccc3)nc2-c2cccs2)CC1. The van der Waals surface area contributed by atoms with Gasteiger partial charge < -0.3 is 4.90 Å². The minimum absolute atomic E-state index is 0.966. The van der Waals surface area contributed by atoms with E-state index in [0.717, 1.165) is 48.0 Å². The number of nitrogens with zero attached hydrogens (tertiary/aromatic N) is 5. The minimum atomic E-state index is 0.966. The zero-order valence-electron chi connectivity index (χ0n) is 14.2. The second-order valence-electron chi connectivity index (χ2n) is 6.19. The molecule has 3 aromatic rings. The summed E-state index contributed by atoms with van der Waals surface area (Å²) < 4.78 is 1.93. The molecule has 0 aliphatic carbocycles. The number of likely N-dealkylation sites (N-methyl/N-ethyl adjacent to an activating group) is 1. The molecule has 0 N–H and O–H groups in total. The fourth-order valence-electron chi connectivity index (χ4n) is 2.85. The number of thiophene rings is 1. The van der Waals surface area contributed by atoms with Gasteiger partial charge in [0.25, 0.3) is 0 Å². The van der Waals surface area contributed by atoms with Gasteiger partial charge in [-0.25, -0.2) is 4.68 Å². The predicted molar refractivity (Wildman–Crippen MR) is 104 cm³/mol. The lowest BCUT2D eigenvalue weighted by molar-refractivity contribution is 0.159. The summed E-state index contributed by atoms with van der Waals surface area (Å²) in [5, 5.41) is 13.7. The Bertz CT molecular complexity index is 830. The van der Waals surface area contributed by atoms with Crippen molar-refractivity contribution in [2.45, 2.75) is 0 Å². The van der Waals surface area contributed by atoms with Crippen LogP contribution in [0, 0.1) is 0 Å². The molecular formula is C19H21N5S. The number of para-hydroxylation sites is 1. The van der Waals surface area contributed by atoms with Gasteiger partial charge in [-0.2, -0.15) is 10.2 Å². The number of hydrogen-bond acceptors (Lipinski definition) is 5. The third kappa shape index (κ3) is 3.65. The van der Waals surface area contributed by atoms with Gasteiger partial charge in [-0.1, -0.05) is 24.3 Å². The van der Waals surface area contributed by atoms with Gasteiger partial charge in [0.2, 0.25) is 0 Å². The van der Waals surface area contributed by atoms with Crippen molar-refractivity contribution in [3.8, 4) is 16.3 Å². The monoisotopic (exact) mass is 351 g/mol. The Morgan fingerprint density at radius 3 is 2.56 bits per heavy atom. The van der Waals surface area contributed by atoms with Crippen molar-refractivity contribution in [3.05, 3.63) is 59.6 Å². The molecule has 0 radical (unpaired) electrons. The summed E-state index contributed by atoms with van der Waals surface area (Å²) >= 11 is 1.70. The number of rotatable bonds is 4. The molecule has 0 amide bonds. The first kappa shape index (κ1) is 16.1. The van der Waals surface area contributed by atoms with E-state index in [1.807, 2.05) is 29.1 Å². The van der Waals surface area contributed by atoms with E-state index in [9.17, 15) is 0 Å². The molecule has 0 bridgehead atoms. The van der Waals surface area contributed by atoms with Crippen LogP contribution in [0.1, 0.15) is 5.56 Å². The Morgan fingerprint density at radius 1 is 1.04 bits per heavy atom. The van der Waals surface area contributed by atoms with E-state index in [0.29, 0.717) is 0 Å². The number of piperazine rings is 1. The predicted octanol–water partition coefficient (Wildman–Crippen LogP) is 3.18. The summed E-state index contributed by atoms with van der Waals surface area (Å²) in [6.45, 7) is 4.04. The van der Waals surface area contributed by atoms with Gasteiger partial charge in [-0.05, 0) is 30.6 Å². The largest absolute Gasteiger partial charge is 0.303 e.